The molecule has 0 unspecified atom stereocenters. The summed E-state index contributed by atoms with van der Waals surface area (Å²) in [6.07, 6.45) is 0.488. The number of rotatable bonds is 5. The van der Waals surface area contributed by atoms with E-state index in [0.717, 1.165) is 40.7 Å². The summed E-state index contributed by atoms with van der Waals surface area (Å²) < 4.78 is 38.5. The number of pyridine rings is 1. The van der Waals surface area contributed by atoms with E-state index in [2.05, 4.69) is 11.4 Å². The molecule has 13 heteroatoms. The van der Waals surface area contributed by atoms with Crippen molar-refractivity contribution in [1.82, 2.24) is 9.88 Å². The van der Waals surface area contributed by atoms with Crippen LogP contribution in [0.3, 0.4) is 0 Å². The molecule has 2 amide bonds. The average Bonchev–Trinajstić information content (AvgIpc) is 3.74. The molecule has 0 aliphatic carbocycles. The van der Waals surface area contributed by atoms with Crippen LogP contribution in [0, 0.1) is 17.1 Å². The Bertz CT molecular complexity index is 1990. The fourth-order valence-corrected chi connectivity index (χ4v) is 7.51. The Morgan fingerprint density at radius 3 is 2.56 bits per heavy atom. The van der Waals surface area contributed by atoms with Gasteiger partial charge in [-0.25, -0.2) is 19.0 Å². The number of ether oxygens (including phenoxy) is 4. The summed E-state index contributed by atoms with van der Waals surface area (Å²) in [5.41, 5.74) is 1.95. The van der Waals surface area contributed by atoms with Crippen LogP contribution in [0.1, 0.15) is 71.1 Å². The molecule has 1 fully saturated rings. The molecule has 4 heterocycles. The van der Waals surface area contributed by atoms with E-state index < -0.39 is 23.1 Å². The van der Waals surface area contributed by atoms with Gasteiger partial charge in [-0.1, -0.05) is 17.7 Å². The molecule has 1 N–H and O–H groups in total. The third kappa shape index (κ3) is 6.59. The Morgan fingerprint density at radius 1 is 1.12 bits per heavy atom. The van der Waals surface area contributed by atoms with Crippen molar-refractivity contribution < 1.29 is 32.9 Å². The lowest BCUT2D eigenvalue weighted by Gasteiger charge is -2.28. The quantitative estimate of drug-likeness (QED) is 0.220. The molecule has 0 saturated carbocycles. The monoisotopic (exact) mass is 694 g/mol. The van der Waals surface area contributed by atoms with E-state index in [1.54, 1.807) is 37.8 Å². The van der Waals surface area contributed by atoms with Gasteiger partial charge in [-0.2, -0.15) is 5.26 Å². The van der Waals surface area contributed by atoms with Crippen LogP contribution in [-0.2, 0) is 27.4 Å². The van der Waals surface area contributed by atoms with Crippen molar-refractivity contribution in [2.24, 2.45) is 0 Å². The average molecular weight is 695 g/mol. The highest BCUT2D eigenvalue weighted by Crippen LogP contribution is 2.49. The molecular formula is C35H36ClFN4O6S. The summed E-state index contributed by atoms with van der Waals surface area (Å²) in [6.45, 7) is 12.1. The van der Waals surface area contributed by atoms with Gasteiger partial charge in [-0.3, -0.25) is 5.32 Å². The first-order valence-corrected chi connectivity index (χ1v) is 16.8. The van der Waals surface area contributed by atoms with Crippen LogP contribution in [0.25, 0.3) is 32.1 Å². The highest BCUT2D eigenvalue weighted by Gasteiger charge is 2.33. The summed E-state index contributed by atoms with van der Waals surface area (Å²) in [5, 5.41) is 14.5. The van der Waals surface area contributed by atoms with E-state index in [0.29, 0.717) is 46.1 Å². The number of nitrogens with one attached hydrogen (secondary N) is 1. The number of anilines is 1. The van der Waals surface area contributed by atoms with E-state index in [1.165, 1.54) is 6.07 Å². The number of carbonyl (C=O) groups is 2. The number of nitrogens with zero attached hydrogens (tertiary/aromatic N) is 3. The molecule has 0 radical (unpaired) electrons. The van der Waals surface area contributed by atoms with Crippen molar-refractivity contribution in [2.75, 3.05) is 18.5 Å². The minimum atomic E-state index is -0.771. The smallest absolute Gasteiger partial charge is 0.412 e. The molecule has 2 aliphatic heterocycles. The Balaban J connectivity index is 1.39. The van der Waals surface area contributed by atoms with Crippen LogP contribution in [0.15, 0.2) is 24.3 Å². The van der Waals surface area contributed by atoms with Gasteiger partial charge in [0.2, 0.25) is 5.88 Å². The van der Waals surface area contributed by atoms with Crippen molar-refractivity contribution in [1.29, 1.82) is 5.26 Å². The summed E-state index contributed by atoms with van der Waals surface area (Å²) >= 11 is 8.13. The normalized spacial score (nSPS) is 16.2. The van der Waals surface area contributed by atoms with E-state index in [1.807, 2.05) is 26.8 Å². The van der Waals surface area contributed by atoms with Gasteiger partial charge >= 0.3 is 12.2 Å². The van der Waals surface area contributed by atoms with Gasteiger partial charge in [0, 0.05) is 28.9 Å². The number of aromatic nitrogens is 1. The number of carbonyl (C=O) groups excluding carboxylic acids is 2. The van der Waals surface area contributed by atoms with E-state index in [-0.39, 0.29) is 40.6 Å². The second kappa shape index (κ2) is 12.7. The number of hydrogen-bond donors (Lipinski definition) is 1. The van der Waals surface area contributed by atoms with Crippen molar-refractivity contribution >= 4 is 61.1 Å². The molecule has 2 aromatic carbocycles. The number of thiophene rings is 1. The zero-order valence-electron chi connectivity index (χ0n) is 27.6. The first kappa shape index (κ1) is 33.7. The number of amides is 2. The van der Waals surface area contributed by atoms with Crippen LogP contribution in [0.5, 0.6) is 5.88 Å². The lowest BCUT2D eigenvalue weighted by molar-refractivity contribution is 0.0185. The summed E-state index contributed by atoms with van der Waals surface area (Å²) in [5.74, 6) is -0.218. The second-order valence-electron chi connectivity index (χ2n) is 13.8. The predicted octanol–water partition coefficient (Wildman–Crippen LogP) is 8.94. The molecule has 1 saturated heterocycles. The molecule has 2 aliphatic rings. The molecule has 4 aromatic rings. The van der Waals surface area contributed by atoms with Gasteiger partial charge in [0.15, 0.2) is 0 Å². The van der Waals surface area contributed by atoms with Crippen LogP contribution in [0.2, 0.25) is 5.02 Å². The highest BCUT2D eigenvalue weighted by atomic mass is 35.5. The molecule has 252 valence electrons. The zero-order valence-corrected chi connectivity index (χ0v) is 29.2. The molecule has 48 heavy (non-hydrogen) atoms. The Hall–Kier alpha value is -4.18. The lowest BCUT2D eigenvalue weighted by atomic mass is 9.91. The molecule has 6 rings (SSSR count). The molecule has 2 aromatic heterocycles. The number of halogens is 2. The molecule has 0 bridgehead atoms. The molecule has 10 nitrogen and oxygen atoms in total. The first-order chi connectivity index (χ1) is 22.6. The van der Waals surface area contributed by atoms with Gasteiger partial charge in [-0.15, -0.1) is 11.3 Å². The van der Waals surface area contributed by atoms with Crippen LogP contribution in [0.4, 0.5) is 19.0 Å². The minimum Gasteiger partial charge on any atom is -0.475 e. The molecule has 0 spiro atoms. The van der Waals surface area contributed by atoms with Gasteiger partial charge in [0.05, 0.1) is 40.1 Å². The van der Waals surface area contributed by atoms with Gasteiger partial charge in [0.25, 0.3) is 0 Å². The largest absolute Gasteiger partial charge is 0.475 e. The van der Waals surface area contributed by atoms with Crippen molar-refractivity contribution in [3.63, 3.8) is 0 Å². The predicted molar refractivity (Wildman–Crippen MR) is 182 cm³/mol. The number of fused-ring (bicyclic) bond motifs is 4. The molecular weight excluding hydrogens is 659 g/mol. The van der Waals surface area contributed by atoms with Crippen LogP contribution in [-0.4, -0.2) is 52.5 Å². The highest BCUT2D eigenvalue weighted by molar-refractivity contribution is 7.23. The fourth-order valence-electron chi connectivity index (χ4n) is 6.08. The SMILES string of the molecule is CC(C)(C)OC(=O)Nc1sc2c(F)ccc(-c3c4c(c5ccc(OC[C@@H]6CCCN6C(=O)OC(C)(C)C)nc5c3Cl)COC4)c2c1C#N. The van der Waals surface area contributed by atoms with Gasteiger partial charge in [-0.05, 0) is 83.2 Å². The van der Waals surface area contributed by atoms with E-state index in [4.69, 9.17) is 35.5 Å². The maximum atomic E-state index is 15.3. The maximum absolute atomic E-state index is 15.3. The van der Waals surface area contributed by atoms with E-state index in [9.17, 15) is 14.9 Å². The van der Waals surface area contributed by atoms with Gasteiger partial charge in [0.1, 0.15) is 34.7 Å². The van der Waals surface area contributed by atoms with Crippen molar-refractivity contribution in [3.05, 3.63) is 51.8 Å². The van der Waals surface area contributed by atoms with Gasteiger partial charge < -0.3 is 23.8 Å². The number of hydrogen-bond acceptors (Lipinski definition) is 9. The third-order valence-electron chi connectivity index (χ3n) is 8.00. The Labute approximate surface area is 286 Å². The Morgan fingerprint density at radius 2 is 1.85 bits per heavy atom. The number of likely N-dealkylation sites (tertiary alicyclic amines) is 1. The second-order valence-corrected chi connectivity index (χ2v) is 15.2. The first-order valence-electron chi connectivity index (χ1n) is 15.6. The topological polar surface area (TPSA) is 123 Å². The molecule has 1 atom stereocenters. The van der Waals surface area contributed by atoms with Crippen molar-refractivity contribution in [3.8, 4) is 23.1 Å². The zero-order chi connectivity index (χ0) is 34.5. The van der Waals surface area contributed by atoms with E-state index >= 15 is 4.39 Å². The Kier molecular flexibility index (Phi) is 8.91. The van der Waals surface area contributed by atoms with Crippen LogP contribution < -0.4 is 10.1 Å². The standard InChI is InChI=1S/C35H36ClFN4O6S/c1-34(2,3)46-32(42)40-31-21(14-38)27-20(9-11-24(37)30(27)48-31)26-23-17-44-16-22(23)19-10-12-25(39-29(19)28(26)36)45-15-18-8-7-13-41(18)33(43)47-35(4,5)6/h9-12,18H,7-8,13,15-17H2,1-6H3,(H,40,42)/t18-/m0/s1. The van der Waals surface area contributed by atoms with Crippen molar-refractivity contribution in [2.45, 2.75) is 84.8 Å². The fraction of sp³-hybridized carbons (Fsp3) is 0.429. The summed E-state index contributed by atoms with van der Waals surface area (Å²) in [6, 6.07) is 8.53. The summed E-state index contributed by atoms with van der Waals surface area (Å²) in [4.78, 5) is 31.9. The number of nitriles is 1. The third-order valence-corrected chi connectivity index (χ3v) is 9.48. The number of benzene rings is 2. The summed E-state index contributed by atoms with van der Waals surface area (Å²) in [7, 11) is 0. The maximum Gasteiger partial charge on any atom is 0.412 e. The van der Waals surface area contributed by atoms with Crippen LogP contribution >= 0.6 is 22.9 Å². The minimum absolute atomic E-state index is 0.0929. The lowest BCUT2D eigenvalue weighted by Crippen LogP contribution is -2.42.